The Morgan fingerprint density at radius 1 is 0.591 bits per heavy atom. The van der Waals surface area contributed by atoms with Gasteiger partial charge in [-0.15, -0.1) is 0 Å². The maximum absolute atomic E-state index is 9.91. The Morgan fingerprint density at radius 3 is 2.23 bits per heavy atom. The smallest absolute Gasteiger partial charge is 0.0688 e. The van der Waals surface area contributed by atoms with Gasteiger partial charge in [0, 0.05) is 0 Å². The molecule has 104 valence electrons. The number of hydrogen-bond donors (Lipinski definition) is 1. The summed E-state index contributed by atoms with van der Waals surface area (Å²) in [7, 11) is 0. The molecule has 0 atom stereocenters. The number of aliphatic hydroxyl groups excluding tert-OH is 1. The average Bonchev–Trinajstić information content (AvgIpc) is 2.58. The van der Waals surface area contributed by atoms with Gasteiger partial charge in [-0.3, -0.25) is 0 Å². The minimum atomic E-state index is 0.0633. The molecule has 1 heteroatoms. The van der Waals surface area contributed by atoms with E-state index in [1.54, 1.807) is 0 Å². The molecule has 0 amide bonds. The number of hydrogen-bond acceptors (Lipinski definition) is 1. The summed E-state index contributed by atoms with van der Waals surface area (Å²) in [5, 5.41) is 19.8. The number of benzene rings is 5. The molecule has 5 rings (SSSR count). The molecule has 0 fully saturated rings. The van der Waals surface area contributed by atoms with Crippen LogP contribution in [-0.4, -0.2) is 5.11 Å². The second-order valence-electron chi connectivity index (χ2n) is 5.91. The van der Waals surface area contributed by atoms with Crippen LogP contribution in [-0.2, 0) is 6.61 Å². The Hall–Kier alpha value is -2.64. The van der Waals surface area contributed by atoms with Crippen molar-refractivity contribution in [3.8, 4) is 0 Å². The Morgan fingerprint density at radius 2 is 1.32 bits per heavy atom. The first-order valence-corrected chi connectivity index (χ1v) is 7.56. The fourth-order valence-electron chi connectivity index (χ4n) is 3.80. The van der Waals surface area contributed by atoms with Gasteiger partial charge in [0.25, 0.3) is 0 Å². The Labute approximate surface area is 127 Å². The van der Waals surface area contributed by atoms with Crippen molar-refractivity contribution in [2.24, 2.45) is 0 Å². The number of rotatable bonds is 1. The molecule has 0 spiro atoms. The van der Waals surface area contributed by atoms with Gasteiger partial charge >= 0.3 is 0 Å². The second-order valence-corrected chi connectivity index (χ2v) is 5.91. The van der Waals surface area contributed by atoms with E-state index in [4.69, 9.17) is 0 Å². The van der Waals surface area contributed by atoms with Crippen LogP contribution >= 0.6 is 0 Å². The Bertz CT molecular complexity index is 1150. The van der Waals surface area contributed by atoms with Crippen LogP contribution in [0.3, 0.4) is 0 Å². The molecule has 5 aromatic carbocycles. The monoisotopic (exact) mass is 282 g/mol. The van der Waals surface area contributed by atoms with E-state index in [0.717, 1.165) is 5.56 Å². The van der Waals surface area contributed by atoms with E-state index in [9.17, 15) is 5.11 Å². The predicted molar refractivity (Wildman–Crippen MR) is 93.6 cm³/mol. The first kappa shape index (κ1) is 12.0. The van der Waals surface area contributed by atoms with Crippen LogP contribution in [0.15, 0.2) is 66.7 Å². The van der Waals surface area contributed by atoms with E-state index in [-0.39, 0.29) is 6.61 Å². The summed E-state index contributed by atoms with van der Waals surface area (Å²) in [5.74, 6) is 0. The molecule has 0 bridgehead atoms. The molecule has 0 unspecified atom stereocenters. The van der Waals surface area contributed by atoms with Crippen molar-refractivity contribution >= 4 is 43.1 Å². The molecule has 0 saturated carbocycles. The zero-order valence-electron chi connectivity index (χ0n) is 12.0. The lowest BCUT2D eigenvalue weighted by atomic mass is 9.88. The molecule has 0 aliphatic heterocycles. The predicted octanol–water partition coefficient (Wildman–Crippen LogP) is 5.23. The van der Waals surface area contributed by atoms with Crippen LogP contribution in [0.2, 0.25) is 0 Å². The van der Waals surface area contributed by atoms with E-state index in [1.807, 2.05) is 0 Å². The maximum Gasteiger partial charge on any atom is 0.0688 e. The van der Waals surface area contributed by atoms with Crippen LogP contribution in [0.4, 0.5) is 0 Å². The molecule has 0 aliphatic rings. The lowest BCUT2D eigenvalue weighted by Crippen LogP contribution is -1.92. The van der Waals surface area contributed by atoms with Gasteiger partial charge in [0.05, 0.1) is 6.61 Å². The molecule has 0 aliphatic carbocycles. The molecule has 22 heavy (non-hydrogen) atoms. The minimum Gasteiger partial charge on any atom is -0.392 e. The molecule has 0 radical (unpaired) electrons. The zero-order chi connectivity index (χ0) is 14.7. The molecule has 0 saturated heterocycles. The standard InChI is InChI=1S/C21H14O/c22-12-17-11-15-6-3-5-13-8-9-16-10-14-4-1-2-7-18(14)20(17)21(16)19(13)15/h1-11,22H,12H2. The number of fused-ring (bicyclic) bond motifs is 2. The highest BCUT2D eigenvalue weighted by Gasteiger charge is 2.14. The largest absolute Gasteiger partial charge is 0.392 e. The van der Waals surface area contributed by atoms with E-state index in [0.29, 0.717) is 0 Å². The van der Waals surface area contributed by atoms with Crippen molar-refractivity contribution in [1.82, 2.24) is 0 Å². The molecule has 1 nitrogen and oxygen atoms in total. The summed E-state index contributed by atoms with van der Waals surface area (Å²) in [6.45, 7) is 0.0633. The lowest BCUT2D eigenvalue weighted by molar-refractivity contribution is 0.283. The quantitative estimate of drug-likeness (QED) is 0.330. The summed E-state index contributed by atoms with van der Waals surface area (Å²) in [5.41, 5.74) is 1.01. The third-order valence-electron chi connectivity index (χ3n) is 4.72. The molecular weight excluding hydrogens is 268 g/mol. The normalized spacial score (nSPS) is 12.0. The fraction of sp³-hybridized carbons (Fsp3) is 0.0476. The van der Waals surface area contributed by atoms with Crippen LogP contribution in [0.5, 0.6) is 0 Å². The SMILES string of the molecule is OCc1cc2cccc3ccc4cc5ccccc5c1c4c32. The summed E-state index contributed by atoms with van der Waals surface area (Å²) < 4.78 is 0. The molecule has 1 N–H and O–H groups in total. The first-order valence-electron chi connectivity index (χ1n) is 7.56. The van der Waals surface area contributed by atoms with Crippen molar-refractivity contribution in [3.63, 3.8) is 0 Å². The van der Waals surface area contributed by atoms with Gasteiger partial charge in [-0.2, -0.15) is 0 Å². The van der Waals surface area contributed by atoms with Crippen molar-refractivity contribution < 1.29 is 5.11 Å². The molecule has 5 aromatic rings. The van der Waals surface area contributed by atoms with Crippen LogP contribution in [0.1, 0.15) is 5.56 Å². The van der Waals surface area contributed by atoms with Crippen LogP contribution in [0, 0.1) is 0 Å². The Kier molecular flexibility index (Phi) is 2.28. The molecule has 0 aromatic heterocycles. The third-order valence-corrected chi connectivity index (χ3v) is 4.72. The van der Waals surface area contributed by atoms with Gasteiger partial charge in [0.15, 0.2) is 0 Å². The van der Waals surface area contributed by atoms with Gasteiger partial charge in [0.1, 0.15) is 0 Å². The fourth-order valence-corrected chi connectivity index (χ4v) is 3.80. The van der Waals surface area contributed by atoms with Gasteiger partial charge in [-0.05, 0) is 60.8 Å². The van der Waals surface area contributed by atoms with Gasteiger partial charge in [-0.25, -0.2) is 0 Å². The second kappa shape index (κ2) is 4.19. The van der Waals surface area contributed by atoms with Gasteiger partial charge < -0.3 is 5.11 Å². The number of aliphatic hydroxyl groups is 1. The van der Waals surface area contributed by atoms with E-state index >= 15 is 0 Å². The van der Waals surface area contributed by atoms with Gasteiger partial charge in [0.2, 0.25) is 0 Å². The minimum absolute atomic E-state index is 0.0633. The summed E-state index contributed by atoms with van der Waals surface area (Å²) >= 11 is 0. The summed E-state index contributed by atoms with van der Waals surface area (Å²) in [4.78, 5) is 0. The summed E-state index contributed by atoms with van der Waals surface area (Å²) in [6.07, 6.45) is 0. The lowest BCUT2D eigenvalue weighted by Gasteiger charge is -2.16. The summed E-state index contributed by atoms with van der Waals surface area (Å²) in [6, 6.07) is 23.6. The third kappa shape index (κ3) is 1.41. The van der Waals surface area contributed by atoms with Gasteiger partial charge in [-0.1, -0.05) is 54.6 Å². The van der Waals surface area contributed by atoms with Crippen molar-refractivity contribution in [2.75, 3.05) is 0 Å². The maximum atomic E-state index is 9.91. The first-order chi connectivity index (χ1) is 10.9. The van der Waals surface area contributed by atoms with Crippen LogP contribution in [0.25, 0.3) is 43.1 Å². The molecular formula is C21H14O. The van der Waals surface area contributed by atoms with Crippen molar-refractivity contribution in [3.05, 3.63) is 72.3 Å². The van der Waals surface area contributed by atoms with E-state index in [2.05, 4.69) is 66.7 Å². The topological polar surface area (TPSA) is 20.2 Å². The highest BCUT2D eigenvalue weighted by Crippen LogP contribution is 2.40. The highest BCUT2D eigenvalue weighted by atomic mass is 16.3. The van der Waals surface area contributed by atoms with E-state index < -0.39 is 0 Å². The highest BCUT2D eigenvalue weighted by molar-refractivity contribution is 6.29. The van der Waals surface area contributed by atoms with E-state index in [1.165, 1.54) is 43.1 Å². The van der Waals surface area contributed by atoms with Crippen molar-refractivity contribution in [2.45, 2.75) is 6.61 Å². The van der Waals surface area contributed by atoms with Crippen molar-refractivity contribution in [1.29, 1.82) is 0 Å². The van der Waals surface area contributed by atoms with Crippen LogP contribution < -0.4 is 0 Å². The Balaban J connectivity index is 2.23. The average molecular weight is 282 g/mol. The molecule has 0 heterocycles. The zero-order valence-corrected chi connectivity index (χ0v) is 12.0.